The molecule has 0 amide bonds. The maximum absolute atomic E-state index is 10.9. The number of anilines is 1. The molecule has 0 aliphatic heterocycles. The van der Waals surface area contributed by atoms with Gasteiger partial charge in [-0.2, -0.15) is 0 Å². The molecular weight excluding hydrogens is 244 g/mol. The van der Waals surface area contributed by atoms with Gasteiger partial charge in [0.25, 0.3) is 0 Å². The van der Waals surface area contributed by atoms with Gasteiger partial charge in [0.15, 0.2) is 0 Å². The smallest absolute Gasteiger partial charge is 0.335 e. The highest BCUT2D eigenvalue weighted by Gasteiger charge is 2.06. The van der Waals surface area contributed by atoms with E-state index in [4.69, 9.17) is 9.84 Å². The van der Waals surface area contributed by atoms with Crippen LogP contribution in [0.3, 0.4) is 0 Å². The quantitative estimate of drug-likeness (QED) is 0.708. The minimum absolute atomic E-state index is 0.256. The van der Waals surface area contributed by atoms with Crippen LogP contribution >= 0.6 is 0 Å². The van der Waals surface area contributed by atoms with Gasteiger partial charge in [0.1, 0.15) is 5.82 Å². The molecule has 2 N–H and O–H groups in total. The zero-order chi connectivity index (χ0) is 14.3. The fourth-order valence-electron chi connectivity index (χ4n) is 1.59. The van der Waals surface area contributed by atoms with Gasteiger partial charge < -0.3 is 15.2 Å². The number of carbonyl (C=O) groups is 1. The molecule has 0 radical (unpaired) electrons. The highest BCUT2D eigenvalue weighted by molar-refractivity contribution is 5.88. The number of nitrogens with one attached hydrogen (secondary N) is 1. The van der Waals surface area contributed by atoms with Crippen molar-refractivity contribution < 1.29 is 14.6 Å². The number of hydrogen-bond acceptors (Lipinski definition) is 4. The molecule has 1 rings (SSSR count). The first-order valence-electron chi connectivity index (χ1n) is 6.52. The lowest BCUT2D eigenvalue weighted by atomic mass is 10.2. The van der Waals surface area contributed by atoms with Gasteiger partial charge in [-0.1, -0.05) is 13.8 Å². The van der Waals surface area contributed by atoms with Gasteiger partial charge in [-0.05, 0) is 31.4 Å². The van der Waals surface area contributed by atoms with Gasteiger partial charge in [-0.15, -0.1) is 0 Å². The average Bonchev–Trinajstić information content (AvgIpc) is 2.32. The third-order valence-corrected chi connectivity index (χ3v) is 2.42. The molecule has 1 aromatic heterocycles. The first-order chi connectivity index (χ1) is 8.99. The number of rotatable bonds is 8. The number of aryl methyl sites for hydroxylation is 1. The molecule has 0 aliphatic carbocycles. The number of nitrogens with zero attached hydrogens (tertiary/aromatic N) is 1. The molecule has 0 atom stereocenters. The Bertz CT molecular complexity index is 419. The molecular formula is C14H22N2O3. The van der Waals surface area contributed by atoms with Crippen LogP contribution in [0.2, 0.25) is 0 Å². The zero-order valence-electron chi connectivity index (χ0n) is 11.8. The van der Waals surface area contributed by atoms with E-state index in [1.165, 1.54) is 0 Å². The Kier molecular flexibility index (Phi) is 6.29. The lowest BCUT2D eigenvalue weighted by molar-refractivity contribution is 0.0696. The van der Waals surface area contributed by atoms with E-state index in [0.29, 0.717) is 30.6 Å². The van der Waals surface area contributed by atoms with E-state index in [1.807, 2.05) is 0 Å². The Balaban J connectivity index is 2.35. The molecule has 0 aliphatic rings. The maximum Gasteiger partial charge on any atom is 0.335 e. The number of aromatic nitrogens is 1. The number of aromatic carboxylic acids is 1. The normalized spacial score (nSPS) is 10.7. The van der Waals surface area contributed by atoms with Gasteiger partial charge in [0.05, 0.1) is 5.56 Å². The van der Waals surface area contributed by atoms with Crippen LogP contribution in [0.25, 0.3) is 0 Å². The Morgan fingerprint density at radius 3 is 2.84 bits per heavy atom. The van der Waals surface area contributed by atoms with Gasteiger partial charge in [0, 0.05) is 25.5 Å². The number of hydrogen-bond donors (Lipinski definition) is 2. The second-order valence-electron chi connectivity index (χ2n) is 4.94. The summed E-state index contributed by atoms with van der Waals surface area (Å²) in [6, 6.07) is 3.10. The third kappa shape index (κ3) is 6.20. The highest BCUT2D eigenvalue weighted by atomic mass is 16.5. The van der Waals surface area contributed by atoms with Gasteiger partial charge in [-0.3, -0.25) is 0 Å². The summed E-state index contributed by atoms with van der Waals surface area (Å²) in [4.78, 5) is 15.2. The summed E-state index contributed by atoms with van der Waals surface area (Å²) in [5.74, 6) is 0.208. The molecule has 5 heteroatoms. The average molecular weight is 266 g/mol. The Labute approximate surface area is 114 Å². The molecule has 0 unspecified atom stereocenters. The van der Waals surface area contributed by atoms with E-state index in [2.05, 4.69) is 24.1 Å². The molecule has 0 aromatic carbocycles. The summed E-state index contributed by atoms with van der Waals surface area (Å²) >= 11 is 0. The highest BCUT2D eigenvalue weighted by Crippen LogP contribution is 2.10. The molecule has 1 aromatic rings. The zero-order valence-corrected chi connectivity index (χ0v) is 11.8. The Morgan fingerprint density at radius 1 is 1.47 bits per heavy atom. The van der Waals surface area contributed by atoms with Crippen LogP contribution in [0.5, 0.6) is 0 Å². The first kappa shape index (κ1) is 15.4. The van der Waals surface area contributed by atoms with Crippen LogP contribution in [0.15, 0.2) is 12.1 Å². The van der Waals surface area contributed by atoms with Crippen LogP contribution < -0.4 is 5.32 Å². The number of carboxylic acid groups (broad SMARTS) is 1. The fraction of sp³-hybridized carbons (Fsp3) is 0.571. The van der Waals surface area contributed by atoms with Crippen molar-refractivity contribution in [3.63, 3.8) is 0 Å². The van der Waals surface area contributed by atoms with Gasteiger partial charge in [0.2, 0.25) is 0 Å². The fourth-order valence-corrected chi connectivity index (χ4v) is 1.59. The summed E-state index contributed by atoms with van der Waals surface area (Å²) in [5.41, 5.74) is 0.949. The van der Waals surface area contributed by atoms with Gasteiger partial charge >= 0.3 is 5.97 Å². The van der Waals surface area contributed by atoms with E-state index in [1.54, 1.807) is 19.1 Å². The molecule has 0 fully saturated rings. The molecule has 0 bridgehead atoms. The molecule has 0 spiro atoms. The summed E-state index contributed by atoms with van der Waals surface area (Å²) in [6.07, 6.45) is 0.866. The van der Waals surface area contributed by atoms with Crippen molar-refractivity contribution in [3.05, 3.63) is 23.4 Å². The third-order valence-electron chi connectivity index (χ3n) is 2.42. The number of pyridine rings is 1. The van der Waals surface area contributed by atoms with Crippen LogP contribution in [0.4, 0.5) is 5.82 Å². The number of ether oxygens (including phenoxy) is 1. The minimum Gasteiger partial charge on any atom is -0.478 e. The van der Waals surface area contributed by atoms with Crippen LogP contribution in [-0.4, -0.2) is 35.8 Å². The lowest BCUT2D eigenvalue weighted by Crippen LogP contribution is -2.10. The van der Waals surface area contributed by atoms with Crippen molar-refractivity contribution in [3.8, 4) is 0 Å². The monoisotopic (exact) mass is 266 g/mol. The van der Waals surface area contributed by atoms with E-state index >= 15 is 0 Å². The first-order valence-corrected chi connectivity index (χ1v) is 6.52. The predicted octanol–water partition coefficient (Wildman–Crippen LogP) is 2.56. The molecule has 0 saturated heterocycles. The maximum atomic E-state index is 10.9. The molecule has 1 heterocycles. The number of carboxylic acids is 1. The standard InChI is InChI=1S/C14H22N2O3/c1-10(2)9-19-6-4-5-15-13-8-12(14(17)18)7-11(3)16-13/h7-8,10H,4-6,9H2,1-3H3,(H,15,16)(H,17,18). The van der Waals surface area contributed by atoms with E-state index < -0.39 is 5.97 Å². The van der Waals surface area contributed by atoms with E-state index in [0.717, 1.165) is 13.0 Å². The van der Waals surface area contributed by atoms with Crippen LogP contribution in [0, 0.1) is 12.8 Å². The molecule has 5 nitrogen and oxygen atoms in total. The van der Waals surface area contributed by atoms with E-state index in [9.17, 15) is 4.79 Å². The lowest BCUT2D eigenvalue weighted by Gasteiger charge is -2.09. The van der Waals surface area contributed by atoms with Crippen molar-refractivity contribution in [2.24, 2.45) is 5.92 Å². The predicted molar refractivity (Wildman–Crippen MR) is 74.7 cm³/mol. The second-order valence-corrected chi connectivity index (χ2v) is 4.94. The van der Waals surface area contributed by atoms with Crippen LogP contribution in [0.1, 0.15) is 36.3 Å². The van der Waals surface area contributed by atoms with Crippen LogP contribution in [-0.2, 0) is 4.74 Å². The summed E-state index contributed by atoms with van der Waals surface area (Å²) in [6.45, 7) is 8.19. The summed E-state index contributed by atoms with van der Waals surface area (Å²) in [7, 11) is 0. The SMILES string of the molecule is Cc1cc(C(=O)O)cc(NCCCOCC(C)C)n1. The van der Waals surface area contributed by atoms with Gasteiger partial charge in [-0.25, -0.2) is 9.78 Å². The van der Waals surface area contributed by atoms with Crippen molar-refractivity contribution in [1.29, 1.82) is 0 Å². The topological polar surface area (TPSA) is 71.5 Å². The Morgan fingerprint density at radius 2 is 2.21 bits per heavy atom. The van der Waals surface area contributed by atoms with Crippen molar-refractivity contribution in [2.45, 2.75) is 27.2 Å². The molecule has 0 saturated carbocycles. The van der Waals surface area contributed by atoms with Crippen molar-refractivity contribution in [1.82, 2.24) is 4.98 Å². The van der Waals surface area contributed by atoms with Crippen molar-refractivity contribution in [2.75, 3.05) is 25.1 Å². The molecule has 19 heavy (non-hydrogen) atoms. The van der Waals surface area contributed by atoms with E-state index in [-0.39, 0.29) is 5.56 Å². The summed E-state index contributed by atoms with van der Waals surface area (Å²) < 4.78 is 5.46. The minimum atomic E-state index is -0.936. The van der Waals surface area contributed by atoms with Crippen molar-refractivity contribution >= 4 is 11.8 Å². The largest absolute Gasteiger partial charge is 0.478 e. The second kappa shape index (κ2) is 7.74. The summed E-state index contributed by atoms with van der Waals surface area (Å²) in [5, 5.41) is 12.1. The Hall–Kier alpha value is -1.62. The molecule has 106 valence electrons.